The molecule has 1 heterocycles. The molecular formula is C15H9FO3S. The summed E-state index contributed by atoms with van der Waals surface area (Å²) in [5.74, 6) is -1.65. The van der Waals surface area contributed by atoms with Crippen LogP contribution < -0.4 is 0 Å². The third-order valence-electron chi connectivity index (χ3n) is 3.09. The summed E-state index contributed by atoms with van der Waals surface area (Å²) >= 11 is -1.61. The van der Waals surface area contributed by atoms with Gasteiger partial charge in [0.25, 0.3) is 0 Å². The van der Waals surface area contributed by atoms with Crippen LogP contribution in [0.3, 0.4) is 0 Å². The normalized spacial score (nSPS) is 16.7. The molecule has 3 rings (SSSR count). The summed E-state index contributed by atoms with van der Waals surface area (Å²) < 4.78 is 26.8. The lowest BCUT2D eigenvalue weighted by molar-refractivity contribution is 0.0696. The lowest BCUT2D eigenvalue weighted by Crippen LogP contribution is -2.07. The van der Waals surface area contributed by atoms with E-state index in [1.54, 1.807) is 24.3 Å². The molecule has 1 N–H and O–H groups in total. The first-order chi connectivity index (χ1) is 9.58. The van der Waals surface area contributed by atoms with E-state index in [9.17, 15) is 13.7 Å². The van der Waals surface area contributed by atoms with E-state index >= 15 is 0 Å². The van der Waals surface area contributed by atoms with Gasteiger partial charge >= 0.3 is 5.97 Å². The molecule has 0 radical (unpaired) electrons. The van der Waals surface area contributed by atoms with Crippen molar-refractivity contribution in [1.29, 1.82) is 0 Å². The van der Waals surface area contributed by atoms with E-state index in [2.05, 4.69) is 0 Å². The number of carboxylic acid groups (broad SMARTS) is 1. The predicted octanol–water partition coefficient (Wildman–Crippen LogP) is 3.33. The van der Waals surface area contributed by atoms with Crippen LogP contribution in [-0.2, 0) is 11.2 Å². The molecule has 0 unspecified atom stereocenters. The van der Waals surface area contributed by atoms with Crippen molar-refractivity contribution in [3.05, 3.63) is 59.2 Å². The highest BCUT2D eigenvalue weighted by molar-refractivity contribution is 7.91. The van der Waals surface area contributed by atoms with Crippen LogP contribution in [0.4, 0.5) is 4.39 Å². The van der Waals surface area contributed by atoms with Crippen LogP contribution in [0.5, 0.6) is 0 Å². The van der Waals surface area contributed by atoms with Crippen molar-refractivity contribution in [2.45, 2.75) is 9.79 Å². The molecule has 1 aliphatic heterocycles. The van der Waals surface area contributed by atoms with Crippen LogP contribution in [0.2, 0.25) is 0 Å². The molecule has 2 aromatic rings. The smallest absolute Gasteiger partial charge is 0.335 e. The molecule has 5 heteroatoms. The quantitative estimate of drug-likeness (QED) is 0.819. The monoisotopic (exact) mass is 288 g/mol. The zero-order valence-corrected chi connectivity index (χ0v) is 11.0. The largest absolute Gasteiger partial charge is 0.606 e. The van der Waals surface area contributed by atoms with E-state index in [4.69, 9.17) is 5.11 Å². The van der Waals surface area contributed by atoms with Gasteiger partial charge in [-0.15, -0.1) is 0 Å². The molecule has 1 atom stereocenters. The van der Waals surface area contributed by atoms with Gasteiger partial charge in [0.05, 0.1) is 11.1 Å². The Balaban J connectivity index is 2.27. The van der Waals surface area contributed by atoms with Gasteiger partial charge in [0, 0.05) is 22.8 Å². The van der Waals surface area contributed by atoms with Crippen LogP contribution in [0.25, 0.3) is 11.9 Å². The maximum atomic E-state index is 14.2. The Hall–Kier alpha value is -2.11. The van der Waals surface area contributed by atoms with E-state index in [0.717, 1.165) is 0 Å². The Bertz CT molecular complexity index is 740. The van der Waals surface area contributed by atoms with E-state index in [1.807, 2.05) is 0 Å². The fourth-order valence-electron chi connectivity index (χ4n) is 2.11. The fourth-order valence-corrected chi connectivity index (χ4v) is 3.49. The number of rotatable bonds is 1. The highest BCUT2D eigenvalue weighted by Gasteiger charge is 2.28. The topological polar surface area (TPSA) is 60.4 Å². The standard InChI is InChI=1S/C15H9FO3S/c16-12-7-9-3-1-2-4-13(9)20(19)14-8-10(15(17)18)5-6-11(12)14/h1-8H,(H,17,18)/t20-/m1/s1. The maximum Gasteiger partial charge on any atom is 0.335 e. The molecule has 0 amide bonds. The minimum Gasteiger partial charge on any atom is -0.606 e. The van der Waals surface area contributed by atoms with E-state index in [-0.39, 0.29) is 16.0 Å². The summed E-state index contributed by atoms with van der Waals surface area (Å²) in [6.07, 6.45) is 1.32. The molecular weight excluding hydrogens is 279 g/mol. The van der Waals surface area contributed by atoms with Crippen molar-refractivity contribution in [3.8, 4) is 0 Å². The molecule has 0 saturated carbocycles. The van der Waals surface area contributed by atoms with Crippen molar-refractivity contribution in [2.75, 3.05) is 0 Å². The second kappa shape index (κ2) is 4.77. The number of aromatic carboxylic acids is 1. The summed E-state index contributed by atoms with van der Waals surface area (Å²) in [6.45, 7) is 0. The van der Waals surface area contributed by atoms with Crippen molar-refractivity contribution in [3.63, 3.8) is 0 Å². The molecule has 0 fully saturated rings. The molecule has 3 nitrogen and oxygen atoms in total. The molecule has 20 heavy (non-hydrogen) atoms. The Kier molecular flexibility index (Phi) is 3.08. The average molecular weight is 288 g/mol. The van der Waals surface area contributed by atoms with Crippen molar-refractivity contribution in [1.82, 2.24) is 0 Å². The van der Waals surface area contributed by atoms with Crippen LogP contribution in [0.1, 0.15) is 21.5 Å². The highest BCUT2D eigenvalue weighted by Crippen LogP contribution is 2.36. The second-order valence-corrected chi connectivity index (χ2v) is 5.73. The van der Waals surface area contributed by atoms with Gasteiger partial charge < -0.3 is 9.66 Å². The summed E-state index contributed by atoms with van der Waals surface area (Å²) in [4.78, 5) is 11.7. The zero-order chi connectivity index (χ0) is 14.3. The van der Waals surface area contributed by atoms with Gasteiger partial charge in [0.2, 0.25) is 0 Å². The summed E-state index contributed by atoms with van der Waals surface area (Å²) in [5.41, 5.74) is 0.699. The summed E-state index contributed by atoms with van der Waals surface area (Å²) in [6, 6.07) is 10.7. The molecule has 1 aliphatic rings. The van der Waals surface area contributed by atoms with Gasteiger partial charge in [-0.2, -0.15) is 0 Å². The Morgan fingerprint density at radius 1 is 1.15 bits per heavy atom. The first-order valence-corrected chi connectivity index (χ1v) is 6.98. The SMILES string of the molecule is O=C(O)c1ccc2c(c1)[S@+]([O-])c1ccccc1C=C2F. The number of benzene rings is 2. The first kappa shape index (κ1) is 12.9. The lowest BCUT2D eigenvalue weighted by atomic mass is 10.1. The van der Waals surface area contributed by atoms with E-state index < -0.39 is 23.0 Å². The average Bonchev–Trinajstić information content (AvgIpc) is 2.55. The molecule has 0 spiro atoms. The van der Waals surface area contributed by atoms with Gasteiger partial charge in [-0.25, -0.2) is 9.18 Å². The number of carbonyl (C=O) groups is 1. The van der Waals surface area contributed by atoms with Gasteiger partial charge in [-0.1, -0.05) is 12.1 Å². The lowest BCUT2D eigenvalue weighted by Gasteiger charge is -2.12. The number of hydrogen-bond donors (Lipinski definition) is 1. The van der Waals surface area contributed by atoms with Crippen molar-refractivity contribution < 1.29 is 18.8 Å². The maximum absolute atomic E-state index is 14.2. The third kappa shape index (κ3) is 2.01. The minimum absolute atomic E-state index is 0.00992. The fraction of sp³-hybridized carbons (Fsp3) is 0. The van der Waals surface area contributed by atoms with Crippen LogP contribution >= 0.6 is 0 Å². The highest BCUT2D eigenvalue weighted by atomic mass is 32.2. The summed E-state index contributed by atoms with van der Waals surface area (Å²) in [7, 11) is 0. The Morgan fingerprint density at radius 3 is 2.65 bits per heavy atom. The number of carboxylic acids is 1. The van der Waals surface area contributed by atoms with Gasteiger partial charge in [0.1, 0.15) is 5.83 Å². The van der Waals surface area contributed by atoms with Crippen molar-refractivity contribution >= 4 is 29.0 Å². The van der Waals surface area contributed by atoms with Gasteiger partial charge in [-0.05, 0) is 30.3 Å². The van der Waals surface area contributed by atoms with Crippen LogP contribution in [-0.4, -0.2) is 15.6 Å². The molecule has 0 aromatic heterocycles. The molecule has 0 saturated heterocycles. The number of halogens is 1. The third-order valence-corrected chi connectivity index (χ3v) is 4.60. The molecule has 2 aromatic carbocycles. The van der Waals surface area contributed by atoms with Gasteiger partial charge in [0.15, 0.2) is 9.79 Å². The van der Waals surface area contributed by atoms with Crippen molar-refractivity contribution in [2.24, 2.45) is 0 Å². The minimum atomic E-state index is -1.61. The van der Waals surface area contributed by atoms with Crippen LogP contribution in [0, 0.1) is 0 Å². The molecule has 0 bridgehead atoms. The van der Waals surface area contributed by atoms with Crippen LogP contribution in [0.15, 0.2) is 52.3 Å². The Morgan fingerprint density at radius 2 is 1.90 bits per heavy atom. The van der Waals surface area contributed by atoms with Gasteiger partial charge in [-0.3, -0.25) is 0 Å². The van der Waals surface area contributed by atoms with E-state index in [0.29, 0.717) is 10.5 Å². The zero-order valence-electron chi connectivity index (χ0n) is 10.2. The first-order valence-electron chi connectivity index (χ1n) is 5.83. The molecule has 0 aliphatic carbocycles. The Labute approximate surface area is 117 Å². The number of hydrogen-bond acceptors (Lipinski definition) is 2. The number of fused-ring (bicyclic) bond motifs is 2. The predicted molar refractivity (Wildman–Crippen MR) is 73.5 cm³/mol. The molecule has 100 valence electrons. The second-order valence-electron chi connectivity index (χ2n) is 4.31. The van der Waals surface area contributed by atoms with E-state index in [1.165, 1.54) is 24.3 Å². The summed E-state index contributed by atoms with van der Waals surface area (Å²) in [5, 5.41) is 9.00.